The number of aliphatic hydroxyl groups excluding tert-OH is 20. The van der Waals surface area contributed by atoms with Gasteiger partial charge in [0.25, 0.3) is 0 Å². The molecule has 7 fully saturated rings. The fraction of sp³-hybridized carbons (Fsp3) is 1.00. The van der Waals surface area contributed by atoms with Crippen molar-refractivity contribution in [1.29, 1.82) is 0 Å². The van der Waals surface area contributed by atoms with Gasteiger partial charge in [0.05, 0.1) is 51.7 Å². The van der Waals surface area contributed by atoms with Gasteiger partial charge in [-0.3, -0.25) is 0 Å². The lowest BCUT2D eigenvalue weighted by Gasteiger charge is -2.50. The minimum absolute atomic E-state index is 0.750. The molecule has 7 aliphatic rings. The van der Waals surface area contributed by atoms with Crippen molar-refractivity contribution in [1.82, 2.24) is 5.32 Å². The maximum atomic E-state index is 11.2. The summed E-state index contributed by atoms with van der Waals surface area (Å²) in [5.41, 5.74) is -1.65. The van der Waals surface area contributed by atoms with E-state index < -0.39 is 229 Å². The molecule has 1 saturated carbocycles. The fourth-order valence-corrected chi connectivity index (χ4v) is 9.57. The molecule has 6 heterocycles. The highest BCUT2D eigenvalue weighted by Crippen LogP contribution is 2.48. The molecule has 21 N–H and O–H groups in total. The number of fused-ring (bicyclic) bond motifs is 1. The first-order valence-corrected chi connectivity index (χ1v) is 21.7. The summed E-state index contributed by atoms with van der Waals surface area (Å²) in [7, 11) is 0. The Kier molecular flexibility index (Phi) is 17.7. The summed E-state index contributed by atoms with van der Waals surface area (Å²) >= 11 is 0. The van der Waals surface area contributed by atoms with E-state index in [1.54, 1.807) is 0 Å². The van der Waals surface area contributed by atoms with Crippen LogP contribution in [0.3, 0.4) is 0 Å². The molecule has 31 heteroatoms. The second-order valence-electron chi connectivity index (χ2n) is 17.8. The zero-order valence-electron chi connectivity index (χ0n) is 35.6. The lowest BCUT2D eigenvalue weighted by atomic mass is 9.79. The molecule has 31 nitrogen and oxygen atoms in total. The van der Waals surface area contributed by atoms with Crippen molar-refractivity contribution < 1.29 is 149 Å². The van der Waals surface area contributed by atoms with E-state index in [1.165, 1.54) is 0 Å². The van der Waals surface area contributed by atoms with Gasteiger partial charge in [0.2, 0.25) is 0 Å². The second-order valence-corrected chi connectivity index (χ2v) is 17.8. The zero-order chi connectivity index (χ0) is 49.8. The monoisotopic (exact) mass is 1000 g/mol. The van der Waals surface area contributed by atoms with E-state index in [0.29, 0.717) is 0 Å². The highest BCUT2D eigenvalue weighted by molar-refractivity contribution is 5.22. The standard InChI is InChI=1S/C37H63NO30/c39-1-7-12(38-13-15(46)20(51)30(57)37(6-44)31(13)68-37)14(45)22(53)33(60-7)65-27-9(3-41)62-35(24(55)17(27)48)67-29-11(5-43)63-36(25(56)19(29)50)66-28-10(4-42)61-34(23(54)18(28)49)64-26-8(2-40)59-32(58)21(52)16(26)47/h7-36,38-58H,1-6H2/t7-,8-,9-,10-,11-,12-,13-,14+,15+,16-,17-,18-,19-,20-,21-,22-,23-,24-,25-,26-,27-,28-,29-,30+,31-,32-,33-,34-,35-,36-,37+/m1/s1. The van der Waals surface area contributed by atoms with Gasteiger partial charge in [0, 0.05) is 0 Å². The van der Waals surface area contributed by atoms with E-state index in [9.17, 15) is 102 Å². The Morgan fingerprint density at radius 2 is 0.676 bits per heavy atom. The maximum Gasteiger partial charge on any atom is 0.187 e. The number of hydrogen-bond donors (Lipinski definition) is 21. The maximum absolute atomic E-state index is 11.2. The van der Waals surface area contributed by atoms with Crippen LogP contribution in [0.2, 0.25) is 0 Å². The molecule has 0 aromatic carbocycles. The van der Waals surface area contributed by atoms with Crippen LogP contribution in [0.5, 0.6) is 0 Å². The number of aliphatic hydroxyl groups is 20. The van der Waals surface area contributed by atoms with Crippen LogP contribution in [0.15, 0.2) is 0 Å². The van der Waals surface area contributed by atoms with Crippen molar-refractivity contribution in [2.24, 2.45) is 0 Å². The Morgan fingerprint density at radius 1 is 0.353 bits per heavy atom. The van der Waals surface area contributed by atoms with Crippen molar-refractivity contribution in [2.45, 2.75) is 190 Å². The fourth-order valence-electron chi connectivity index (χ4n) is 9.57. The Bertz CT molecular complexity index is 1610. The molecule has 68 heavy (non-hydrogen) atoms. The van der Waals surface area contributed by atoms with Crippen LogP contribution in [0, 0.1) is 0 Å². The number of rotatable bonds is 16. The van der Waals surface area contributed by atoms with Crippen molar-refractivity contribution >= 4 is 0 Å². The van der Waals surface area contributed by atoms with E-state index >= 15 is 0 Å². The molecule has 0 aromatic heterocycles. The molecular weight excluding hydrogens is 938 g/mol. The van der Waals surface area contributed by atoms with Gasteiger partial charge in [0.15, 0.2) is 31.5 Å². The van der Waals surface area contributed by atoms with Crippen molar-refractivity contribution in [3.05, 3.63) is 0 Å². The van der Waals surface area contributed by atoms with Crippen LogP contribution >= 0.6 is 0 Å². The molecule has 396 valence electrons. The van der Waals surface area contributed by atoms with Gasteiger partial charge >= 0.3 is 0 Å². The predicted molar refractivity (Wildman–Crippen MR) is 204 cm³/mol. The Labute approximate surface area is 383 Å². The third kappa shape index (κ3) is 9.94. The Balaban J connectivity index is 0.963. The summed E-state index contributed by atoms with van der Waals surface area (Å²) in [6.45, 7) is -5.47. The van der Waals surface area contributed by atoms with Gasteiger partial charge in [-0.2, -0.15) is 0 Å². The van der Waals surface area contributed by atoms with Gasteiger partial charge in [-0.05, 0) is 0 Å². The normalized spacial score (nSPS) is 55.4. The molecule has 0 amide bonds. The van der Waals surface area contributed by atoms with E-state index in [1.807, 2.05) is 0 Å². The minimum atomic E-state index is -2.16. The number of epoxide rings is 1. The molecule has 0 unspecified atom stereocenters. The average Bonchev–Trinajstić information content (AvgIpc) is 4.09. The molecule has 0 spiro atoms. The molecule has 0 aromatic rings. The van der Waals surface area contributed by atoms with Crippen molar-refractivity contribution in [2.75, 3.05) is 39.6 Å². The van der Waals surface area contributed by atoms with E-state index in [-0.39, 0.29) is 0 Å². The molecular formula is C37H63NO30. The van der Waals surface area contributed by atoms with Gasteiger partial charge in [-0.1, -0.05) is 0 Å². The number of nitrogens with one attached hydrogen (secondary N) is 1. The SMILES string of the molecule is OC[C@H]1O[C@H](O[C@H]2[C@H](O)[C@@H](O)[C@@H](O[C@H]3[C@H](O)[C@@H](O)[C@@H](O[C@H]4[C@H](O)[C@@H](O)[C@@H](O[C@H]5[C@H](O)[C@@H](O)[C@H](O)O[C@@H]5CO)O[C@@H]4CO)O[C@@H]3CO)O[C@@H]2CO)[C@H](O)[C@@H](O)[C@@H]1N[C@@H]1[C@H](O)[C@@H](O)[C@H](O)[C@]2(CO)O[C@H]12. The van der Waals surface area contributed by atoms with Gasteiger partial charge in [-0.15, -0.1) is 0 Å². The molecule has 0 radical (unpaired) electrons. The average molecular weight is 1000 g/mol. The van der Waals surface area contributed by atoms with Gasteiger partial charge < -0.3 is 155 Å². The van der Waals surface area contributed by atoms with Gasteiger partial charge in [-0.25, -0.2) is 0 Å². The zero-order valence-corrected chi connectivity index (χ0v) is 35.6. The smallest absolute Gasteiger partial charge is 0.187 e. The third-order valence-electron chi connectivity index (χ3n) is 13.6. The lowest BCUT2D eigenvalue weighted by Crippen LogP contribution is -2.71. The topological polar surface area (TPSA) is 512 Å². The summed E-state index contributed by atoms with van der Waals surface area (Å²) in [6.07, 6.45) is -51.6. The molecule has 1 aliphatic carbocycles. The lowest BCUT2D eigenvalue weighted by molar-refractivity contribution is -0.392. The largest absolute Gasteiger partial charge is 0.394 e. The summed E-state index contributed by atoms with van der Waals surface area (Å²) in [4.78, 5) is 0. The van der Waals surface area contributed by atoms with E-state index in [0.717, 1.165) is 0 Å². The first-order valence-electron chi connectivity index (χ1n) is 21.7. The van der Waals surface area contributed by atoms with Crippen LogP contribution < -0.4 is 5.32 Å². The number of hydrogen-bond acceptors (Lipinski definition) is 31. The predicted octanol–water partition coefficient (Wildman–Crippen LogP) is -14.7. The van der Waals surface area contributed by atoms with Crippen LogP contribution in [-0.4, -0.2) is 331 Å². The molecule has 6 saturated heterocycles. The highest BCUT2D eigenvalue weighted by atomic mass is 16.8. The summed E-state index contributed by atoms with van der Waals surface area (Å²) in [6, 6.07) is -2.71. The molecule has 0 bridgehead atoms. The molecule has 31 atom stereocenters. The van der Waals surface area contributed by atoms with Gasteiger partial charge in [0.1, 0.15) is 146 Å². The third-order valence-corrected chi connectivity index (χ3v) is 13.6. The Morgan fingerprint density at radius 3 is 1.04 bits per heavy atom. The van der Waals surface area contributed by atoms with Crippen LogP contribution in [-0.2, 0) is 47.4 Å². The summed E-state index contributed by atoms with van der Waals surface area (Å²) in [5, 5.41) is 214. The summed E-state index contributed by atoms with van der Waals surface area (Å²) < 4.78 is 55.4. The second kappa shape index (κ2) is 22.1. The van der Waals surface area contributed by atoms with E-state index in [2.05, 4.69) is 5.32 Å². The number of ether oxygens (including phenoxy) is 10. The van der Waals surface area contributed by atoms with Crippen LogP contribution in [0.4, 0.5) is 0 Å². The van der Waals surface area contributed by atoms with Crippen molar-refractivity contribution in [3.8, 4) is 0 Å². The minimum Gasteiger partial charge on any atom is -0.394 e. The first kappa shape index (κ1) is 54.5. The molecule has 6 aliphatic heterocycles. The Hall–Kier alpha value is -1.24. The van der Waals surface area contributed by atoms with Crippen molar-refractivity contribution in [3.63, 3.8) is 0 Å². The highest BCUT2D eigenvalue weighted by Gasteiger charge is 2.72. The molecule has 7 rings (SSSR count). The van der Waals surface area contributed by atoms with Crippen LogP contribution in [0.1, 0.15) is 0 Å². The quantitative estimate of drug-likeness (QED) is 0.0638. The van der Waals surface area contributed by atoms with E-state index in [4.69, 9.17) is 47.4 Å². The summed E-state index contributed by atoms with van der Waals surface area (Å²) in [5.74, 6) is 0. The van der Waals surface area contributed by atoms with Crippen LogP contribution in [0.25, 0.3) is 0 Å². The first-order chi connectivity index (χ1) is 32.2.